The maximum atomic E-state index is 12.5. The third kappa shape index (κ3) is 5.82. The third-order valence-electron chi connectivity index (χ3n) is 8.48. The van der Waals surface area contributed by atoms with E-state index in [0.717, 1.165) is 81.8 Å². The predicted molar refractivity (Wildman–Crippen MR) is 147 cm³/mol. The van der Waals surface area contributed by atoms with Crippen molar-refractivity contribution in [3.05, 3.63) is 71.6 Å². The van der Waals surface area contributed by atoms with Gasteiger partial charge in [-0.1, -0.05) is 36.4 Å². The summed E-state index contributed by atoms with van der Waals surface area (Å²) in [6.45, 7) is 4.65. The van der Waals surface area contributed by atoms with Crippen LogP contribution >= 0.6 is 0 Å². The molecule has 2 aromatic carbocycles. The molecule has 37 heavy (non-hydrogen) atoms. The van der Waals surface area contributed by atoms with Crippen molar-refractivity contribution in [2.45, 2.75) is 63.0 Å². The van der Waals surface area contributed by atoms with E-state index in [1.807, 2.05) is 54.6 Å². The van der Waals surface area contributed by atoms with Crippen LogP contribution in [0.1, 0.15) is 56.9 Å². The average molecular weight is 506 g/mol. The molecule has 1 aliphatic carbocycles. The Labute approximate surface area is 222 Å². The van der Waals surface area contributed by atoms with Gasteiger partial charge in [-0.3, -0.25) is 0 Å². The first-order valence-corrected chi connectivity index (χ1v) is 14.1. The SMILES string of the molecule is COCCC[C@@](O)(c1ccccc1Oc1ccccc1)[C@@H]1CCCN(C2=C(N3CCC[C@H](N)C3)CC2)C1. The predicted octanol–water partition coefficient (Wildman–Crippen LogP) is 5.23. The number of nitrogens with zero attached hydrogens (tertiary/aromatic N) is 2. The molecule has 3 N–H and O–H groups in total. The largest absolute Gasteiger partial charge is 0.457 e. The van der Waals surface area contributed by atoms with Crippen LogP contribution < -0.4 is 10.5 Å². The van der Waals surface area contributed by atoms with Gasteiger partial charge in [0.2, 0.25) is 0 Å². The zero-order valence-corrected chi connectivity index (χ0v) is 22.3. The summed E-state index contributed by atoms with van der Waals surface area (Å²) in [4.78, 5) is 5.10. The van der Waals surface area contributed by atoms with Gasteiger partial charge in [-0.2, -0.15) is 0 Å². The van der Waals surface area contributed by atoms with Crippen LogP contribution in [0.5, 0.6) is 11.5 Å². The summed E-state index contributed by atoms with van der Waals surface area (Å²) in [5.74, 6) is 1.62. The maximum absolute atomic E-state index is 12.5. The molecule has 0 spiro atoms. The van der Waals surface area contributed by atoms with E-state index in [2.05, 4.69) is 9.80 Å². The molecule has 0 bridgehead atoms. The standard InChI is InChI=1S/C31H43N3O3/c1-36-21-9-18-31(35,27-14-5-6-15-30(27)37-26-12-3-2-4-13-26)24-10-7-19-33(22-24)28-16-17-29(28)34-20-8-11-25(32)23-34/h2-6,12-15,24-25,35H,7-11,16-23,32H2,1H3/t24-,25+,31+/m1/s1. The van der Waals surface area contributed by atoms with Gasteiger partial charge >= 0.3 is 0 Å². The number of hydrogen-bond donors (Lipinski definition) is 2. The molecule has 0 amide bonds. The van der Waals surface area contributed by atoms with Crippen LogP contribution in [0.15, 0.2) is 66.0 Å². The molecule has 0 unspecified atom stereocenters. The topological polar surface area (TPSA) is 71.2 Å². The minimum atomic E-state index is -0.999. The normalized spacial score (nSPS) is 24.0. The summed E-state index contributed by atoms with van der Waals surface area (Å²) in [6, 6.07) is 18.2. The van der Waals surface area contributed by atoms with Gasteiger partial charge < -0.3 is 30.1 Å². The van der Waals surface area contributed by atoms with Crippen molar-refractivity contribution in [1.82, 2.24) is 9.80 Å². The summed E-state index contributed by atoms with van der Waals surface area (Å²) in [5, 5.41) is 12.5. The van der Waals surface area contributed by atoms with Gasteiger partial charge in [-0.25, -0.2) is 0 Å². The number of hydrogen-bond acceptors (Lipinski definition) is 6. The highest BCUT2D eigenvalue weighted by Gasteiger charge is 2.43. The Hall–Kier alpha value is -2.54. The van der Waals surface area contributed by atoms with Gasteiger partial charge in [0.25, 0.3) is 0 Å². The summed E-state index contributed by atoms with van der Waals surface area (Å²) in [7, 11) is 1.73. The first-order valence-electron chi connectivity index (χ1n) is 14.1. The van der Waals surface area contributed by atoms with Crippen molar-refractivity contribution >= 4 is 0 Å². The van der Waals surface area contributed by atoms with Crippen LogP contribution in [0, 0.1) is 5.92 Å². The number of rotatable bonds is 10. The molecule has 2 fully saturated rings. The van der Waals surface area contributed by atoms with Crippen molar-refractivity contribution in [2.24, 2.45) is 11.7 Å². The highest BCUT2D eigenvalue weighted by molar-refractivity contribution is 5.42. The van der Waals surface area contributed by atoms with Crippen LogP contribution in [0.2, 0.25) is 0 Å². The maximum Gasteiger partial charge on any atom is 0.133 e. The second-order valence-corrected chi connectivity index (χ2v) is 11.0. The molecule has 6 nitrogen and oxygen atoms in total. The molecule has 3 aliphatic rings. The van der Waals surface area contributed by atoms with E-state index in [9.17, 15) is 5.11 Å². The van der Waals surface area contributed by atoms with Crippen LogP contribution in [0.3, 0.4) is 0 Å². The van der Waals surface area contributed by atoms with E-state index in [0.29, 0.717) is 13.0 Å². The number of nitrogens with two attached hydrogens (primary N) is 1. The first kappa shape index (κ1) is 26.1. The fraction of sp³-hybridized carbons (Fsp3) is 0.548. The third-order valence-corrected chi connectivity index (χ3v) is 8.48. The van der Waals surface area contributed by atoms with E-state index < -0.39 is 5.60 Å². The van der Waals surface area contributed by atoms with E-state index in [1.165, 1.54) is 17.8 Å². The number of likely N-dealkylation sites (tertiary alicyclic amines) is 2. The number of allylic oxidation sites excluding steroid dienone is 2. The zero-order chi connectivity index (χ0) is 25.7. The lowest BCUT2D eigenvalue weighted by molar-refractivity contribution is -0.0622. The second kappa shape index (κ2) is 11.9. The van der Waals surface area contributed by atoms with Crippen molar-refractivity contribution in [1.29, 1.82) is 0 Å². The highest BCUT2D eigenvalue weighted by atomic mass is 16.5. The summed E-state index contributed by atoms with van der Waals surface area (Å²) >= 11 is 0. The second-order valence-electron chi connectivity index (χ2n) is 11.0. The lowest BCUT2D eigenvalue weighted by atomic mass is 9.73. The molecule has 0 saturated carbocycles. The Morgan fingerprint density at radius 3 is 2.30 bits per heavy atom. The lowest BCUT2D eigenvalue weighted by Gasteiger charge is -2.48. The fourth-order valence-corrected chi connectivity index (χ4v) is 6.47. The Morgan fingerprint density at radius 2 is 1.59 bits per heavy atom. The monoisotopic (exact) mass is 505 g/mol. The fourth-order valence-electron chi connectivity index (χ4n) is 6.47. The van der Waals surface area contributed by atoms with Gasteiger partial charge in [0.15, 0.2) is 0 Å². The summed E-state index contributed by atoms with van der Waals surface area (Å²) in [6.07, 6.45) is 8.09. The number of aliphatic hydroxyl groups is 1. The van der Waals surface area contributed by atoms with E-state index in [4.69, 9.17) is 15.2 Å². The first-order chi connectivity index (χ1) is 18.1. The lowest BCUT2D eigenvalue weighted by Crippen LogP contribution is -2.49. The van der Waals surface area contributed by atoms with E-state index in [1.54, 1.807) is 7.11 Å². The van der Waals surface area contributed by atoms with Gasteiger partial charge in [0, 0.05) is 68.8 Å². The Morgan fingerprint density at radius 1 is 0.919 bits per heavy atom. The molecule has 2 saturated heterocycles. The molecule has 5 rings (SSSR count). The van der Waals surface area contributed by atoms with Crippen molar-refractivity contribution in [3.63, 3.8) is 0 Å². The van der Waals surface area contributed by atoms with Gasteiger partial charge in [0.05, 0.1) is 5.60 Å². The van der Waals surface area contributed by atoms with Crippen molar-refractivity contribution in [3.8, 4) is 11.5 Å². The molecular weight excluding hydrogens is 462 g/mol. The Balaban J connectivity index is 1.41. The van der Waals surface area contributed by atoms with Crippen LogP contribution in [-0.4, -0.2) is 60.8 Å². The Bertz CT molecular complexity index is 1060. The van der Waals surface area contributed by atoms with Gasteiger partial charge in [-0.15, -0.1) is 0 Å². The van der Waals surface area contributed by atoms with E-state index >= 15 is 0 Å². The van der Waals surface area contributed by atoms with Crippen LogP contribution in [0.4, 0.5) is 0 Å². The van der Waals surface area contributed by atoms with Crippen LogP contribution in [-0.2, 0) is 10.3 Å². The number of benzene rings is 2. The number of ether oxygens (including phenoxy) is 2. The molecule has 2 aliphatic heterocycles. The Kier molecular flexibility index (Phi) is 8.38. The average Bonchev–Trinajstić information content (AvgIpc) is 2.89. The molecular formula is C31H43N3O3. The molecule has 0 aromatic heterocycles. The van der Waals surface area contributed by atoms with Crippen molar-refractivity contribution < 1.29 is 14.6 Å². The van der Waals surface area contributed by atoms with Gasteiger partial charge in [0.1, 0.15) is 11.5 Å². The molecule has 2 heterocycles. The number of para-hydroxylation sites is 2. The minimum absolute atomic E-state index is 0.108. The van der Waals surface area contributed by atoms with E-state index in [-0.39, 0.29) is 12.0 Å². The van der Waals surface area contributed by atoms with Crippen molar-refractivity contribution in [2.75, 3.05) is 39.9 Å². The molecule has 200 valence electrons. The minimum Gasteiger partial charge on any atom is -0.457 e. The number of piperidine rings is 2. The smallest absolute Gasteiger partial charge is 0.133 e. The molecule has 0 radical (unpaired) electrons. The quantitative estimate of drug-likeness (QED) is 0.431. The van der Waals surface area contributed by atoms with Gasteiger partial charge in [-0.05, 0) is 69.6 Å². The zero-order valence-electron chi connectivity index (χ0n) is 22.3. The summed E-state index contributed by atoms with van der Waals surface area (Å²) < 4.78 is 11.7. The highest BCUT2D eigenvalue weighted by Crippen LogP contribution is 2.46. The molecule has 6 heteroatoms. The summed E-state index contributed by atoms with van der Waals surface area (Å²) in [5.41, 5.74) is 9.16. The molecule has 3 atom stereocenters. The van der Waals surface area contributed by atoms with Crippen LogP contribution in [0.25, 0.3) is 0 Å². The number of methoxy groups -OCH3 is 1. The molecule has 2 aromatic rings.